The zero-order chi connectivity index (χ0) is 14.4. The Morgan fingerprint density at radius 3 is 1.61 bits per heavy atom. The third-order valence-electron chi connectivity index (χ3n) is 2.83. The Morgan fingerprint density at radius 2 is 1.44 bits per heavy atom. The van der Waals surface area contributed by atoms with Crippen LogP contribution in [0.25, 0.3) is 0 Å². The van der Waals surface area contributed by atoms with Gasteiger partial charge in [0.05, 0.1) is 32.2 Å². The van der Waals surface area contributed by atoms with Gasteiger partial charge in [0.25, 0.3) is 0 Å². The number of carbonyl (C=O) groups is 1. The fraction of sp³-hybridized carbons (Fsp3) is 0.786. The Bertz CT molecular complexity index is 188. The zero-order valence-electron chi connectivity index (χ0n) is 12.2. The minimum absolute atomic E-state index is 0.333. The molecule has 4 heteroatoms. The molecule has 108 valence electrons. The highest BCUT2D eigenvalue weighted by atomic mass is 16.4. The maximum Gasteiger partial charge on any atom is 0.102 e. The number of carboxylic acids is 1. The van der Waals surface area contributed by atoms with E-state index in [9.17, 15) is 0 Å². The lowest BCUT2D eigenvalue weighted by Crippen LogP contribution is -2.51. The van der Waals surface area contributed by atoms with Gasteiger partial charge < -0.3 is 19.5 Å². The van der Waals surface area contributed by atoms with Crippen LogP contribution in [0.2, 0.25) is 0 Å². The van der Waals surface area contributed by atoms with Crippen molar-refractivity contribution < 1.29 is 19.5 Å². The predicted octanol–water partition coefficient (Wildman–Crippen LogP) is 0.948. The fourth-order valence-corrected chi connectivity index (χ4v) is 2.31. The van der Waals surface area contributed by atoms with Gasteiger partial charge in [-0.3, -0.25) is 0 Å². The Morgan fingerprint density at radius 1 is 1.11 bits per heavy atom. The minimum atomic E-state index is -1.23. The van der Waals surface area contributed by atoms with E-state index in [4.69, 9.17) is 15.0 Å². The van der Waals surface area contributed by atoms with Crippen LogP contribution in [0.1, 0.15) is 40.0 Å². The van der Waals surface area contributed by atoms with Gasteiger partial charge in [0, 0.05) is 0 Å². The number of rotatable bonds is 9. The van der Waals surface area contributed by atoms with Gasteiger partial charge in [-0.2, -0.15) is 0 Å². The molecule has 0 atom stereocenters. The summed E-state index contributed by atoms with van der Waals surface area (Å²) >= 11 is 0. The van der Waals surface area contributed by atoms with Gasteiger partial charge in [0.15, 0.2) is 0 Å². The summed E-state index contributed by atoms with van der Waals surface area (Å²) in [6.07, 6.45) is 4.39. The van der Waals surface area contributed by atoms with Gasteiger partial charge in [-0.1, -0.05) is 27.4 Å². The van der Waals surface area contributed by atoms with Crippen LogP contribution in [0, 0.1) is 0 Å². The molecule has 0 saturated heterocycles. The molecular formula is C14H29NO3. The van der Waals surface area contributed by atoms with Gasteiger partial charge in [0.2, 0.25) is 0 Å². The number of carboxylic acid groups (broad SMARTS) is 1. The molecule has 0 aliphatic heterocycles. The van der Waals surface area contributed by atoms with E-state index in [0.717, 1.165) is 17.1 Å². The molecule has 0 aromatic carbocycles. The van der Waals surface area contributed by atoms with Crippen molar-refractivity contribution in [1.82, 2.24) is 0 Å². The first-order valence-corrected chi connectivity index (χ1v) is 6.81. The maximum atomic E-state index is 9.14. The molecule has 0 spiro atoms. The zero-order valence-corrected chi connectivity index (χ0v) is 12.2. The highest BCUT2D eigenvalue weighted by Crippen LogP contribution is 2.10. The molecule has 0 aromatic heterocycles. The average molecular weight is 259 g/mol. The van der Waals surface area contributed by atoms with E-state index in [1.54, 1.807) is 0 Å². The number of hydrogen-bond acceptors (Lipinski definition) is 3. The molecule has 0 bridgehead atoms. The highest BCUT2D eigenvalue weighted by Gasteiger charge is 2.23. The molecule has 0 unspecified atom stereocenters. The standard InChI is InChI=1S/C11H26NO.C3H4O2/c1-4-7-12(8-5-2,9-6-3)10-11-13;1-2-3(4)5/h13H,4-11H2,1-3H3;2H,1H2,(H,4,5)/q+1;/p-1. The van der Waals surface area contributed by atoms with Gasteiger partial charge in [0.1, 0.15) is 6.54 Å². The second-order valence-corrected chi connectivity index (χ2v) is 4.48. The quantitative estimate of drug-likeness (QED) is 0.495. The molecule has 0 amide bonds. The number of hydrogen-bond donors (Lipinski definition) is 1. The Balaban J connectivity index is 0. The van der Waals surface area contributed by atoms with Crippen LogP contribution in [0.3, 0.4) is 0 Å². The fourth-order valence-electron chi connectivity index (χ4n) is 2.31. The third kappa shape index (κ3) is 10.3. The number of aliphatic hydroxyl groups is 1. The van der Waals surface area contributed by atoms with Crippen molar-refractivity contribution in [1.29, 1.82) is 0 Å². The first kappa shape index (κ1) is 19.5. The van der Waals surface area contributed by atoms with Crippen LogP contribution in [0.5, 0.6) is 0 Å². The smallest absolute Gasteiger partial charge is 0.102 e. The molecule has 0 rings (SSSR count). The van der Waals surface area contributed by atoms with Crippen molar-refractivity contribution >= 4 is 5.97 Å². The van der Waals surface area contributed by atoms with E-state index in [1.807, 2.05) is 0 Å². The van der Waals surface area contributed by atoms with Crippen LogP contribution < -0.4 is 5.11 Å². The summed E-state index contributed by atoms with van der Waals surface area (Å²) < 4.78 is 1.12. The van der Waals surface area contributed by atoms with Gasteiger partial charge in [-0.15, -0.1) is 0 Å². The number of aliphatic hydroxyl groups excluding tert-OH is 1. The molecule has 0 aliphatic rings. The first-order valence-electron chi connectivity index (χ1n) is 6.81. The predicted molar refractivity (Wildman–Crippen MR) is 72.9 cm³/mol. The van der Waals surface area contributed by atoms with Crippen LogP contribution in [-0.2, 0) is 4.79 Å². The summed E-state index contributed by atoms with van der Waals surface area (Å²) in [6.45, 7) is 14.5. The lowest BCUT2D eigenvalue weighted by molar-refractivity contribution is -0.928. The summed E-state index contributed by atoms with van der Waals surface area (Å²) in [5.41, 5.74) is 0. The molecule has 0 aromatic rings. The van der Waals surface area contributed by atoms with E-state index in [1.165, 1.54) is 38.9 Å². The number of nitrogens with zero attached hydrogens (tertiary/aromatic N) is 1. The molecule has 0 radical (unpaired) electrons. The second-order valence-electron chi connectivity index (χ2n) is 4.48. The van der Waals surface area contributed by atoms with Crippen LogP contribution in [0.15, 0.2) is 12.7 Å². The van der Waals surface area contributed by atoms with E-state index in [-0.39, 0.29) is 0 Å². The Labute approximate surface area is 112 Å². The largest absolute Gasteiger partial charge is 0.545 e. The van der Waals surface area contributed by atoms with E-state index >= 15 is 0 Å². The number of carbonyl (C=O) groups excluding carboxylic acids is 1. The summed E-state index contributed by atoms with van der Waals surface area (Å²) in [5, 5.41) is 18.2. The summed E-state index contributed by atoms with van der Waals surface area (Å²) in [7, 11) is 0. The molecule has 0 saturated carbocycles. The van der Waals surface area contributed by atoms with Crippen LogP contribution >= 0.6 is 0 Å². The average Bonchev–Trinajstić information content (AvgIpc) is 2.31. The number of quaternary nitrogens is 1. The number of aliphatic carboxylic acids is 1. The molecule has 18 heavy (non-hydrogen) atoms. The molecule has 0 aliphatic carbocycles. The monoisotopic (exact) mass is 259 g/mol. The summed E-state index contributed by atoms with van der Waals surface area (Å²) in [4.78, 5) is 9.14. The molecule has 0 heterocycles. The van der Waals surface area contributed by atoms with Crippen LogP contribution in [0.4, 0.5) is 0 Å². The van der Waals surface area contributed by atoms with E-state index < -0.39 is 5.97 Å². The second kappa shape index (κ2) is 12.6. The normalized spacial score (nSPS) is 10.4. The maximum absolute atomic E-state index is 9.14. The molecule has 4 nitrogen and oxygen atoms in total. The SMILES string of the molecule is C=CC(=O)[O-].CCC[N+](CCC)(CCC)CCO. The lowest BCUT2D eigenvalue weighted by Gasteiger charge is -2.38. The highest BCUT2D eigenvalue weighted by molar-refractivity contribution is 5.76. The Kier molecular flexibility index (Phi) is 13.6. The van der Waals surface area contributed by atoms with E-state index in [2.05, 4.69) is 27.4 Å². The summed E-state index contributed by atoms with van der Waals surface area (Å²) in [5.74, 6) is -1.23. The summed E-state index contributed by atoms with van der Waals surface area (Å²) in [6, 6.07) is 0. The Hall–Kier alpha value is -0.870. The first-order chi connectivity index (χ1) is 8.51. The van der Waals surface area contributed by atoms with Crippen molar-refractivity contribution in [2.75, 3.05) is 32.8 Å². The molecule has 0 fully saturated rings. The van der Waals surface area contributed by atoms with Gasteiger partial charge >= 0.3 is 0 Å². The van der Waals surface area contributed by atoms with Crippen molar-refractivity contribution in [2.45, 2.75) is 40.0 Å². The molecular weight excluding hydrogens is 230 g/mol. The lowest BCUT2D eigenvalue weighted by atomic mass is 10.2. The van der Waals surface area contributed by atoms with Crippen molar-refractivity contribution in [3.63, 3.8) is 0 Å². The van der Waals surface area contributed by atoms with E-state index in [0.29, 0.717) is 6.61 Å². The third-order valence-corrected chi connectivity index (χ3v) is 2.83. The molecule has 1 N–H and O–H groups in total. The van der Waals surface area contributed by atoms with Crippen LogP contribution in [-0.4, -0.2) is 48.3 Å². The van der Waals surface area contributed by atoms with Gasteiger partial charge in [-0.05, 0) is 25.3 Å². The van der Waals surface area contributed by atoms with Crippen molar-refractivity contribution in [3.8, 4) is 0 Å². The van der Waals surface area contributed by atoms with Crippen molar-refractivity contribution in [2.24, 2.45) is 0 Å². The topological polar surface area (TPSA) is 60.4 Å². The van der Waals surface area contributed by atoms with Gasteiger partial charge in [-0.25, -0.2) is 0 Å². The van der Waals surface area contributed by atoms with Crippen molar-refractivity contribution in [3.05, 3.63) is 12.7 Å². The minimum Gasteiger partial charge on any atom is -0.545 e.